The Morgan fingerprint density at radius 1 is 1.18 bits per heavy atom. The maximum atomic E-state index is 12.7. The molecule has 1 aliphatic rings. The van der Waals surface area contributed by atoms with E-state index in [0.717, 1.165) is 22.9 Å². The summed E-state index contributed by atoms with van der Waals surface area (Å²) in [5, 5.41) is 2.81. The molecule has 1 amide bonds. The molecule has 0 radical (unpaired) electrons. The van der Waals surface area contributed by atoms with Crippen LogP contribution in [0.3, 0.4) is 0 Å². The van der Waals surface area contributed by atoms with Crippen molar-refractivity contribution in [3.05, 3.63) is 76.0 Å². The van der Waals surface area contributed by atoms with Crippen molar-refractivity contribution >= 4 is 39.6 Å². The number of unbranched alkanes of at least 4 members (excludes halogenated alkanes) is 1. The van der Waals surface area contributed by atoms with Gasteiger partial charge in [-0.1, -0.05) is 35.3 Å². The molecular weight excluding hydrogens is 422 g/mol. The van der Waals surface area contributed by atoms with E-state index in [1.54, 1.807) is 36.4 Å². The lowest BCUT2D eigenvalue weighted by Gasteiger charge is -2.08. The van der Waals surface area contributed by atoms with Gasteiger partial charge in [-0.25, -0.2) is 4.79 Å². The highest BCUT2D eigenvalue weighted by atomic mass is 79.9. The van der Waals surface area contributed by atoms with Crippen LogP contribution in [0.5, 0.6) is 5.75 Å². The van der Waals surface area contributed by atoms with Crippen LogP contribution in [0.15, 0.2) is 64.8 Å². The Balaban J connectivity index is 1.74. The van der Waals surface area contributed by atoms with Crippen molar-refractivity contribution in [3.8, 4) is 5.75 Å². The second-order valence-corrected chi connectivity index (χ2v) is 7.14. The van der Waals surface area contributed by atoms with Gasteiger partial charge in [-0.2, -0.15) is 0 Å². The van der Waals surface area contributed by atoms with Crippen molar-refractivity contribution < 1.29 is 19.1 Å². The van der Waals surface area contributed by atoms with Gasteiger partial charge in [0, 0.05) is 21.3 Å². The smallest absolute Gasteiger partial charge is 0.338 e. The summed E-state index contributed by atoms with van der Waals surface area (Å²) in [4.78, 5) is 24.8. The monoisotopic (exact) mass is 441 g/mol. The van der Waals surface area contributed by atoms with Gasteiger partial charge in [0.1, 0.15) is 5.75 Å². The van der Waals surface area contributed by atoms with Crippen molar-refractivity contribution in [3.63, 3.8) is 0 Å². The number of amides is 1. The number of esters is 1. The highest BCUT2D eigenvalue weighted by Crippen LogP contribution is 2.28. The third-order valence-electron chi connectivity index (χ3n) is 4.07. The van der Waals surface area contributed by atoms with Gasteiger partial charge in [-0.3, -0.25) is 4.79 Å². The second-order valence-electron chi connectivity index (χ2n) is 6.23. The molecule has 0 spiro atoms. The average Bonchev–Trinajstić information content (AvgIpc) is 2.90. The van der Waals surface area contributed by atoms with Gasteiger partial charge in [0.15, 0.2) is 0 Å². The van der Waals surface area contributed by atoms with E-state index in [1.807, 2.05) is 25.1 Å². The fourth-order valence-corrected chi connectivity index (χ4v) is 2.98. The molecule has 0 atom stereocenters. The van der Waals surface area contributed by atoms with E-state index in [-0.39, 0.29) is 5.91 Å². The van der Waals surface area contributed by atoms with E-state index in [1.165, 1.54) is 6.26 Å². The minimum atomic E-state index is -0.398. The van der Waals surface area contributed by atoms with Gasteiger partial charge in [-0.15, -0.1) is 0 Å². The predicted molar refractivity (Wildman–Crippen MR) is 112 cm³/mol. The summed E-state index contributed by atoms with van der Waals surface area (Å²) >= 11 is 3.42. The molecule has 2 aromatic rings. The number of anilines is 1. The standard InChI is InChI=1S/C22H20BrNO4/c1-2-3-10-28-22(26)16-5-4-6-19(14-16)24-21(25)15-9-11-27-20-8-7-18(23)13-17(20)12-15/h4-9,11-14H,2-3,10H2,1H3,(H,24,25). The molecule has 0 saturated heterocycles. The number of nitrogens with one attached hydrogen (secondary N) is 1. The number of halogens is 1. The van der Waals surface area contributed by atoms with Crippen molar-refractivity contribution in [1.29, 1.82) is 0 Å². The Labute approximate surface area is 172 Å². The molecule has 1 aliphatic heterocycles. The van der Waals surface area contributed by atoms with Gasteiger partial charge in [-0.05, 0) is 55.0 Å². The molecule has 0 aromatic heterocycles. The fraction of sp³-hybridized carbons (Fsp3) is 0.182. The normalized spacial score (nSPS) is 12.3. The highest BCUT2D eigenvalue weighted by molar-refractivity contribution is 9.10. The summed E-state index contributed by atoms with van der Waals surface area (Å²) in [6.07, 6.45) is 6.61. The number of benzene rings is 2. The minimum absolute atomic E-state index is 0.302. The molecular formula is C22H20BrNO4. The zero-order chi connectivity index (χ0) is 19.9. The first-order chi connectivity index (χ1) is 13.6. The van der Waals surface area contributed by atoms with Crippen LogP contribution in [-0.2, 0) is 9.53 Å². The minimum Gasteiger partial charge on any atom is -0.464 e. The molecule has 28 heavy (non-hydrogen) atoms. The molecule has 6 heteroatoms. The SMILES string of the molecule is CCCCOC(=O)c1cccc(NC(=O)C2=Cc3cc(Br)ccc3OC=C2)c1. The summed E-state index contributed by atoms with van der Waals surface area (Å²) in [7, 11) is 0. The van der Waals surface area contributed by atoms with E-state index >= 15 is 0 Å². The van der Waals surface area contributed by atoms with Crippen molar-refractivity contribution in [2.45, 2.75) is 19.8 Å². The average molecular weight is 442 g/mol. The number of carbonyl (C=O) groups is 2. The van der Waals surface area contributed by atoms with Crippen molar-refractivity contribution in [2.24, 2.45) is 0 Å². The molecule has 144 valence electrons. The lowest BCUT2D eigenvalue weighted by atomic mass is 10.1. The summed E-state index contributed by atoms with van der Waals surface area (Å²) in [6.45, 7) is 2.42. The second kappa shape index (κ2) is 9.37. The van der Waals surface area contributed by atoms with Gasteiger partial charge in [0.25, 0.3) is 5.91 Å². The van der Waals surface area contributed by atoms with Crippen LogP contribution in [0.25, 0.3) is 6.08 Å². The number of carbonyl (C=O) groups excluding carboxylic acids is 2. The first-order valence-corrected chi connectivity index (χ1v) is 9.79. The molecule has 3 rings (SSSR count). The molecule has 0 unspecified atom stereocenters. The third kappa shape index (κ3) is 5.10. The van der Waals surface area contributed by atoms with Crippen LogP contribution in [0, 0.1) is 0 Å². The summed E-state index contributed by atoms with van der Waals surface area (Å²) < 4.78 is 11.6. The lowest BCUT2D eigenvalue weighted by molar-refractivity contribution is -0.112. The number of hydrogen-bond donors (Lipinski definition) is 1. The molecule has 0 aliphatic carbocycles. The molecule has 1 N–H and O–H groups in total. The van der Waals surface area contributed by atoms with Gasteiger partial charge >= 0.3 is 5.97 Å². The van der Waals surface area contributed by atoms with Gasteiger partial charge < -0.3 is 14.8 Å². The summed E-state index contributed by atoms with van der Waals surface area (Å²) in [6, 6.07) is 12.3. The Morgan fingerprint density at radius 3 is 2.86 bits per heavy atom. The molecule has 0 bridgehead atoms. The molecule has 0 saturated carbocycles. The van der Waals surface area contributed by atoms with E-state index in [4.69, 9.17) is 9.47 Å². The third-order valence-corrected chi connectivity index (χ3v) is 4.57. The highest BCUT2D eigenvalue weighted by Gasteiger charge is 2.14. The van der Waals surface area contributed by atoms with Crippen LogP contribution >= 0.6 is 15.9 Å². The summed E-state index contributed by atoms with van der Waals surface area (Å²) in [5.41, 5.74) is 2.14. The Morgan fingerprint density at radius 2 is 2.04 bits per heavy atom. The van der Waals surface area contributed by atoms with Crippen LogP contribution in [0.1, 0.15) is 35.7 Å². The number of ether oxygens (including phenoxy) is 2. The Hall–Kier alpha value is -2.86. The predicted octanol–water partition coefficient (Wildman–Crippen LogP) is 5.33. The largest absolute Gasteiger partial charge is 0.464 e. The number of rotatable bonds is 6. The van der Waals surface area contributed by atoms with Crippen LogP contribution in [-0.4, -0.2) is 18.5 Å². The maximum absolute atomic E-state index is 12.7. The van der Waals surface area contributed by atoms with Crippen LogP contribution in [0.4, 0.5) is 5.69 Å². The van der Waals surface area contributed by atoms with Crippen molar-refractivity contribution in [2.75, 3.05) is 11.9 Å². The quantitative estimate of drug-likeness (QED) is 0.485. The maximum Gasteiger partial charge on any atom is 0.338 e. The molecule has 1 heterocycles. The van der Waals surface area contributed by atoms with Gasteiger partial charge in [0.2, 0.25) is 0 Å². The topological polar surface area (TPSA) is 64.6 Å². The molecule has 5 nitrogen and oxygen atoms in total. The van der Waals surface area contributed by atoms with E-state index in [9.17, 15) is 9.59 Å². The first-order valence-electron chi connectivity index (χ1n) is 9.00. The zero-order valence-corrected chi connectivity index (χ0v) is 17.0. The van der Waals surface area contributed by atoms with Crippen molar-refractivity contribution in [1.82, 2.24) is 0 Å². The Bertz CT molecular complexity index is 949. The number of hydrogen-bond acceptors (Lipinski definition) is 4. The summed E-state index contributed by atoms with van der Waals surface area (Å²) in [5.74, 6) is -0.0337. The van der Waals surface area contributed by atoms with E-state index < -0.39 is 5.97 Å². The number of fused-ring (bicyclic) bond motifs is 1. The van der Waals surface area contributed by atoms with Crippen LogP contribution in [0.2, 0.25) is 0 Å². The van der Waals surface area contributed by atoms with Crippen LogP contribution < -0.4 is 10.1 Å². The molecule has 2 aromatic carbocycles. The van der Waals surface area contributed by atoms with Gasteiger partial charge in [0.05, 0.1) is 18.4 Å². The fourth-order valence-electron chi connectivity index (χ4n) is 2.60. The lowest BCUT2D eigenvalue weighted by Crippen LogP contribution is -2.14. The van der Waals surface area contributed by atoms with E-state index in [0.29, 0.717) is 29.2 Å². The molecule has 0 fully saturated rings. The van der Waals surface area contributed by atoms with E-state index in [2.05, 4.69) is 21.2 Å². The zero-order valence-electron chi connectivity index (χ0n) is 15.4. The Kier molecular flexibility index (Phi) is 6.66. The first kappa shape index (κ1) is 19.9.